The molecular formula is C21H33NO4. The number of likely N-dealkylation sites (tertiary alicyclic amines) is 1. The number of amides is 1. The van der Waals surface area contributed by atoms with Crippen molar-refractivity contribution in [3.63, 3.8) is 0 Å². The fraction of sp³-hybridized carbons (Fsp3) is 0.714. The second kappa shape index (κ2) is 12.5. The first-order valence-electron chi connectivity index (χ1n) is 9.61. The highest BCUT2D eigenvalue weighted by atomic mass is 16.5. The van der Waals surface area contributed by atoms with Gasteiger partial charge in [0.2, 0.25) is 5.91 Å². The third-order valence-electron chi connectivity index (χ3n) is 4.85. The molecule has 0 aromatic heterocycles. The van der Waals surface area contributed by atoms with Gasteiger partial charge < -0.3 is 14.7 Å². The maximum atomic E-state index is 12.1. The van der Waals surface area contributed by atoms with Crippen molar-refractivity contribution in [2.24, 2.45) is 5.92 Å². The van der Waals surface area contributed by atoms with Gasteiger partial charge in [0.15, 0.2) is 0 Å². The standard InChI is InChI=1S/C21H33NO4/c1-4-5-10-17(2)19(23)14-12-18-13-15-20(24)22(18)16-9-7-6-8-11-21(25)26-3/h12,14,17-19,23H,6-11,13,15-16H2,1-3H3/t17-,18+,19-/m1/s1. The molecule has 0 aromatic carbocycles. The highest BCUT2D eigenvalue weighted by Crippen LogP contribution is 2.21. The zero-order valence-electron chi connectivity index (χ0n) is 16.4. The molecule has 146 valence electrons. The first-order valence-corrected chi connectivity index (χ1v) is 9.61. The molecule has 0 radical (unpaired) electrons. The van der Waals surface area contributed by atoms with Crippen LogP contribution >= 0.6 is 0 Å². The molecule has 5 heteroatoms. The number of unbranched alkanes of at least 4 members (excludes halogenated alkanes) is 3. The Bertz CT molecular complexity index is 532. The molecule has 0 aromatic rings. The molecule has 0 saturated carbocycles. The monoisotopic (exact) mass is 363 g/mol. The predicted octanol–water partition coefficient (Wildman–Crippen LogP) is 3.07. The molecule has 3 atom stereocenters. The first-order chi connectivity index (χ1) is 12.5. The molecule has 1 N–H and O–H groups in total. The van der Waals surface area contributed by atoms with Crippen LogP contribution in [0.1, 0.15) is 65.2 Å². The Morgan fingerprint density at radius 1 is 1.38 bits per heavy atom. The van der Waals surface area contributed by atoms with E-state index in [-0.39, 0.29) is 23.8 Å². The molecule has 1 aliphatic rings. The fourth-order valence-corrected chi connectivity index (χ4v) is 3.07. The molecule has 0 aliphatic carbocycles. The van der Waals surface area contributed by atoms with E-state index in [2.05, 4.69) is 16.6 Å². The number of hydrogen-bond acceptors (Lipinski definition) is 4. The van der Waals surface area contributed by atoms with Crippen LogP contribution in [0.4, 0.5) is 0 Å². The summed E-state index contributed by atoms with van der Waals surface area (Å²) in [5, 5.41) is 10.2. The summed E-state index contributed by atoms with van der Waals surface area (Å²) in [5.74, 6) is 5.94. The van der Waals surface area contributed by atoms with Gasteiger partial charge in [0.05, 0.1) is 19.3 Å². The van der Waals surface area contributed by atoms with Crippen molar-refractivity contribution in [2.45, 2.75) is 77.4 Å². The van der Waals surface area contributed by atoms with Crippen LogP contribution < -0.4 is 0 Å². The molecule has 1 saturated heterocycles. The lowest BCUT2D eigenvalue weighted by atomic mass is 10.00. The molecule has 5 nitrogen and oxygen atoms in total. The van der Waals surface area contributed by atoms with Crippen molar-refractivity contribution in [3.8, 4) is 11.8 Å². The third kappa shape index (κ3) is 8.05. The summed E-state index contributed by atoms with van der Waals surface area (Å²) in [4.78, 5) is 25.1. The van der Waals surface area contributed by atoms with Crippen molar-refractivity contribution in [2.75, 3.05) is 13.7 Å². The Labute approximate surface area is 157 Å². The smallest absolute Gasteiger partial charge is 0.305 e. The minimum absolute atomic E-state index is 0.0803. The summed E-state index contributed by atoms with van der Waals surface area (Å²) >= 11 is 0. The highest BCUT2D eigenvalue weighted by Gasteiger charge is 2.28. The van der Waals surface area contributed by atoms with Crippen LogP contribution in [0.15, 0.2) is 12.2 Å². The Balaban J connectivity index is 2.36. The van der Waals surface area contributed by atoms with Gasteiger partial charge in [0.25, 0.3) is 0 Å². The van der Waals surface area contributed by atoms with E-state index in [9.17, 15) is 14.7 Å². The van der Waals surface area contributed by atoms with E-state index in [0.717, 1.165) is 38.6 Å². The fourth-order valence-electron chi connectivity index (χ4n) is 3.07. The van der Waals surface area contributed by atoms with Gasteiger partial charge in [-0.3, -0.25) is 9.59 Å². The van der Waals surface area contributed by atoms with Crippen LogP contribution in [0.2, 0.25) is 0 Å². The molecular weight excluding hydrogens is 330 g/mol. The Morgan fingerprint density at radius 2 is 2.12 bits per heavy atom. The molecule has 1 amide bonds. The van der Waals surface area contributed by atoms with Gasteiger partial charge in [0.1, 0.15) is 0 Å². The number of aliphatic hydroxyl groups is 1. The Kier molecular flexibility index (Phi) is 10.7. The number of rotatable bonds is 11. The lowest BCUT2D eigenvalue weighted by molar-refractivity contribution is -0.140. The molecule has 1 rings (SSSR count). The second-order valence-corrected chi connectivity index (χ2v) is 6.92. The molecule has 1 fully saturated rings. The second-order valence-electron chi connectivity index (χ2n) is 6.92. The Hall–Kier alpha value is -1.80. The largest absolute Gasteiger partial charge is 0.469 e. The van der Waals surface area contributed by atoms with Crippen LogP contribution in [0, 0.1) is 17.8 Å². The normalized spacial score (nSPS) is 19.3. The van der Waals surface area contributed by atoms with Gasteiger partial charge in [-0.1, -0.05) is 31.9 Å². The summed E-state index contributed by atoms with van der Waals surface area (Å²) in [5.41, 5.74) is 0. The van der Waals surface area contributed by atoms with Gasteiger partial charge in [-0.2, -0.15) is 0 Å². The molecule has 26 heavy (non-hydrogen) atoms. The van der Waals surface area contributed by atoms with Gasteiger partial charge in [-0.15, -0.1) is 11.8 Å². The number of aliphatic hydroxyl groups excluding tert-OH is 1. The molecule has 1 heterocycles. The minimum Gasteiger partial charge on any atom is -0.469 e. The van der Waals surface area contributed by atoms with Crippen molar-refractivity contribution < 1.29 is 19.4 Å². The lowest BCUT2D eigenvalue weighted by Gasteiger charge is -2.23. The predicted molar refractivity (Wildman–Crippen MR) is 102 cm³/mol. The van der Waals surface area contributed by atoms with Crippen LogP contribution in [0.3, 0.4) is 0 Å². The number of methoxy groups -OCH3 is 1. The van der Waals surface area contributed by atoms with E-state index < -0.39 is 6.10 Å². The van der Waals surface area contributed by atoms with E-state index in [4.69, 9.17) is 0 Å². The van der Waals surface area contributed by atoms with Gasteiger partial charge in [0, 0.05) is 25.8 Å². The van der Waals surface area contributed by atoms with Crippen LogP contribution in [0.25, 0.3) is 0 Å². The van der Waals surface area contributed by atoms with Gasteiger partial charge >= 0.3 is 5.97 Å². The van der Waals surface area contributed by atoms with Gasteiger partial charge in [-0.05, 0) is 32.1 Å². The maximum absolute atomic E-state index is 12.1. The van der Waals surface area contributed by atoms with E-state index in [0.29, 0.717) is 19.3 Å². The van der Waals surface area contributed by atoms with Crippen molar-refractivity contribution in [1.29, 1.82) is 0 Å². The highest BCUT2D eigenvalue weighted by molar-refractivity contribution is 5.79. The molecule has 0 unspecified atom stereocenters. The van der Waals surface area contributed by atoms with Crippen molar-refractivity contribution >= 4 is 11.9 Å². The topological polar surface area (TPSA) is 66.8 Å². The Morgan fingerprint density at radius 3 is 2.81 bits per heavy atom. The molecule has 1 aliphatic heterocycles. The van der Waals surface area contributed by atoms with Crippen molar-refractivity contribution in [1.82, 2.24) is 4.90 Å². The molecule has 0 bridgehead atoms. The average Bonchev–Trinajstić information content (AvgIpc) is 2.99. The number of carbonyl (C=O) groups excluding carboxylic acids is 2. The quantitative estimate of drug-likeness (QED) is 0.265. The number of ether oxygens (including phenoxy) is 1. The number of nitrogens with zero attached hydrogens (tertiary/aromatic N) is 1. The SMILES string of the molecule is CC#CC[C@@H](C)[C@H](O)C=C[C@H]1CCC(=O)N1CCCCCCC(=O)OC. The number of esters is 1. The van der Waals surface area contributed by atoms with E-state index in [1.54, 1.807) is 6.92 Å². The summed E-state index contributed by atoms with van der Waals surface area (Å²) in [6, 6.07) is 0.0803. The van der Waals surface area contributed by atoms with E-state index >= 15 is 0 Å². The van der Waals surface area contributed by atoms with Crippen molar-refractivity contribution in [3.05, 3.63) is 12.2 Å². The summed E-state index contributed by atoms with van der Waals surface area (Å²) in [6.45, 7) is 4.51. The van der Waals surface area contributed by atoms with E-state index in [1.165, 1.54) is 7.11 Å². The zero-order valence-corrected chi connectivity index (χ0v) is 16.4. The summed E-state index contributed by atoms with van der Waals surface area (Å²) < 4.78 is 4.62. The summed E-state index contributed by atoms with van der Waals surface area (Å²) in [7, 11) is 1.41. The lowest BCUT2D eigenvalue weighted by Crippen LogP contribution is -2.33. The van der Waals surface area contributed by atoms with Gasteiger partial charge in [-0.25, -0.2) is 0 Å². The minimum atomic E-state index is -0.535. The average molecular weight is 363 g/mol. The number of carbonyl (C=O) groups is 2. The maximum Gasteiger partial charge on any atom is 0.305 e. The first kappa shape index (κ1) is 22.2. The van der Waals surface area contributed by atoms with Crippen LogP contribution in [-0.4, -0.2) is 47.7 Å². The van der Waals surface area contributed by atoms with Crippen LogP contribution in [0.5, 0.6) is 0 Å². The van der Waals surface area contributed by atoms with Crippen LogP contribution in [-0.2, 0) is 14.3 Å². The van der Waals surface area contributed by atoms with E-state index in [1.807, 2.05) is 24.0 Å². The summed E-state index contributed by atoms with van der Waals surface area (Å²) in [6.07, 6.45) is 9.49. The zero-order chi connectivity index (χ0) is 19.4. The third-order valence-corrected chi connectivity index (χ3v) is 4.85. The molecule has 0 spiro atoms. The number of hydrogen-bond donors (Lipinski definition) is 1.